The van der Waals surface area contributed by atoms with Gasteiger partial charge in [0.25, 0.3) is 0 Å². The van der Waals surface area contributed by atoms with Crippen molar-refractivity contribution in [2.24, 2.45) is 68.9 Å². The molecule has 3 aliphatic heterocycles. The molecule has 23 N–H and O–H groups in total. The molecule has 0 amide bonds. The maximum absolute atomic E-state index is 12.9. The summed E-state index contributed by atoms with van der Waals surface area (Å²) in [6, 6.07) is -4.18. The van der Waals surface area contributed by atoms with Crippen LogP contribution in [0.25, 0.3) is 0 Å². The van der Waals surface area contributed by atoms with E-state index in [0.717, 1.165) is 12.0 Å². The first-order valence-corrected chi connectivity index (χ1v) is 26.9. The van der Waals surface area contributed by atoms with Crippen molar-refractivity contribution in [1.82, 2.24) is 0 Å². The lowest BCUT2D eigenvalue weighted by Gasteiger charge is -2.60. The number of carbonyl (C=O) groups is 3. The van der Waals surface area contributed by atoms with Crippen LogP contribution >= 0.6 is 0 Å². The minimum absolute atomic E-state index is 0.00535. The summed E-state index contributed by atoms with van der Waals surface area (Å²) in [5.41, 5.74) is 33.9. The topological polar surface area (TPSA) is 529 Å². The Morgan fingerprint density at radius 2 is 1.27 bits per heavy atom. The first kappa shape index (κ1) is 63.5. The Labute approximate surface area is 444 Å². The molecule has 0 spiro atoms. The normalized spacial score (nSPS) is 48.4. The average Bonchev–Trinajstić information content (AvgIpc) is 3.80. The zero-order chi connectivity index (χ0) is 57.6. The number of hydrogen-bond donors (Lipinski definition) is 17. The molecule has 29 nitrogen and oxygen atoms in total. The molecule has 0 aromatic carbocycles. The molecule has 7 unspecified atom stereocenters. The van der Waals surface area contributed by atoms with Crippen LogP contribution in [0.1, 0.15) is 59.8 Å². The molecule has 0 aromatic rings. The summed E-state index contributed by atoms with van der Waals surface area (Å²) in [4.78, 5) is 36.1. The lowest BCUT2D eigenvalue weighted by Crippen LogP contribution is -2.68. The Bertz CT molecular complexity index is 2250. The molecule has 77 heavy (non-hydrogen) atoms. The zero-order valence-electron chi connectivity index (χ0n) is 43.1. The molecule has 0 aromatic heterocycles. The van der Waals surface area contributed by atoms with Crippen LogP contribution in [0.2, 0.25) is 0 Å². The second-order valence-electron chi connectivity index (χ2n) is 22.0. The molecule has 5 aliphatic carbocycles. The lowest BCUT2D eigenvalue weighted by molar-refractivity contribution is -0.306. The largest absolute Gasteiger partial charge is 0.458 e. The van der Waals surface area contributed by atoms with E-state index in [1.165, 1.54) is 6.92 Å². The van der Waals surface area contributed by atoms with Crippen molar-refractivity contribution in [2.45, 2.75) is 188 Å². The first-order chi connectivity index (χ1) is 35.8. The summed E-state index contributed by atoms with van der Waals surface area (Å²) in [5, 5.41) is 95.8. The van der Waals surface area contributed by atoms with Crippen molar-refractivity contribution in [1.29, 1.82) is 0 Å². The van der Waals surface area contributed by atoms with E-state index in [1.54, 1.807) is 12.2 Å². The fraction of sp³-hybridized carbons (Fsp3) is 0.851. The molecule has 0 bridgehead atoms. The van der Waals surface area contributed by atoms with Crippen LogP contribution in [0, 0.1) is 34.5 Å². The Kier molecular flexibility index (Phi) is 20.5. The van der Waals surface area contributed by atoms with Crippen LogP contribution in [0.4, 0.5) is 0 Å². The summed E-state index contributed by atoms with van der Waals surface area (Å²) < 4.78 is 71.1. The van der Waals surface area contributed by atoms with E-state index >= 15 is 0 Å². The quantitative estimate of drug-likeness (QED) is 0.0638. The molecular formula is C47H80N6O23S. The molecule has 8 aliphatic rings. The van der Waals surface area contributed by atoms with Crippen LogP contribution in [0.15, 0.2) is 23.8 Å². The van der Waals surface area contributed by atoms with Crippen LogP contribution in [-0.2, 0) is 57.9 Å². The number of rotatable bonds is 12. The highest BCUT2D eigenvalue weighted by molar-refractivity contribution is 7.79. The average molecular weight is 1130 g/mol. The highest BCUT2D eigenvalue weighted by Gasteiger charge is 2.69. The van der Waals surface area contributed by atoms with Crippen molar-refractivity contribution < 1.29 is 111 Å². The van der Waals surface area contributed by atoms with Gasteiger partial charge in [0, 0.05) is 48.8 Å². The third kappa shape index (κ3) is 12.9. The van der Waals surface area contributed by atoms with Gasteiger partial charge in [-0.1, -0.05) is 32.4 Å². The molecule has 30 heteroatoms. The van der Waals surface area contributed by atoms with Gasteiger partial charge in [-0.3, -0.25) is 23.5 Å². The second kappa shape index (κ2) is 24.8. The van der Waals surface area contributed by atoms with Crippen molar-refractivity contribution >= 4 is 27.9 Å². The van der Waals surface area contributed by atoms with Gasteiger partial charge in [-0.25, -0.2) is 0 Å². The van der Waals surface area contributed by atoms with E-state index in [2.05, 4.69) is 13.8 Å². The molecular weight excluding hydrogens is 1050 g/mol. The maximum Gasteiger partial charge on any atom is 0.394 e. The monoisotopic (exact) mass is 1130 g/mol. The molecule has 3 heterocycles. The fourth-order valence-electron chi connectivity index (χ4n) is 13.2. The number of ketones is 2. The Hall–Kier alpha value is -2.68. The number of nitrogens with two attached hydrogens (primary N) is 6. The zero-order valence-corrected chi connectivity index (χ0v) is 44.0. The molecule has 0 radical (unpaired) electrons. The number of allylic oxidation sites excluding steroid dienone is 4. The number of carbonyl (C=O) groups excluding carboxylic acids is 3. The number of hydrogen-bond acceptors (Lipinski definition) is 27. The lowest BCUT2D eigenvalue weighted by atomic mass is 9.45. The Morgan fingerprint density at radius 3 is 1.79 bits per heavy atom. The van der Waals surface area contributed by atoms with Crippen LogP contribution in [-0.4, -0.2) is 235 Å². The van der Waals surface area contributed by atoms with Crippen LogP contribution in [0.3, 0.4) is 0 Å². The number of fused-ring (bicyclic) bond motifs is 5. The van der Waals surface area contributed by atoms with Gasteiger partial charge < -0.3 is 114 Å². The molecule has 3 saturated heterocycles. The summed E-state index contributed by atoms with van der Waals surface area (Å²) in [6.07, 6.45) is -13.1. The van der Waals surface area contributed by atoms with Gasteiger partial charge in [0.05, 0.1) is 30.9 Å². The number of esters is 1. The number of ether oxygens (including phenoxy) is 7. The molecule has 4 saturated carbocycles. The van der Waals surface area contributed by atoms with Crippen molar-refractivity contribution in [2.75, 3.05) is 26.3 Å². The standard InChI is InChI=1S/C24H32O6.C23H46N6O13.H2O4S/c1-13-9-16-17-6-8-24(29,20(28)12-30-14(2)25)23(17,4)11-19(27)21(16)22(3)7-5-15(26)10-18(13)22;24-2-7-13(32)15(34)10(28)21(37-7)40-18-6(27)1-5(26)12(31)20(18)42-23-17(36)19(9(4-30)39-23)41-22-11(29)16(35)14(33)8(3-25)38-22;1-5(2,3)4/h5,7,10,13,16-17,19,21,27,29H,6,8-9,11-12H2,1-4H3;5-23,30-36H,1-4,24-29H2;(H2,1,2,3,4)/t13-,16?,17?,19?,21?,22?,23?,24-;5-,6+,7-,8+,9-,10-,11-,12+,13-,14-,15-,16-,17-,18-,19-,20-,21-,22?,23+;/m01./s1. The Balaban J connectivity index is 0.000000239. The Morgan fingerprint density at radius 1 is 0.753 bits per heavy atom. The smallest absolute Gasteiger partial charge is 0.394 e. The fourth-order valence-corrected chi connectivity index (χ4v) is 13.2. The van der Waals surface area contributed by atoms with E-state index in [1.807, 2.05) is 13.0 Å². The SMILES string of the molecule is CC(=O)OCC(=O)[C@@]1(O)CCC2C3C[C@H](C)C4=CC(=O)C=CC4(C)C3C(O)CC21C.NC[C@@H]1OC(O[C@H]2[C@@H](O)[C@H](O[C@@H]3[C@@H](O)[C@H](N)C[C@H](N)[C@H]3O[C@H]3O[C@H](CN)[C@@H](O)[C@H](O)[C@H]3N)O[C@@H]2CO)[C@H](N)[C@@H](O)[C@@H]1O.O=S(=O)(O)O. The highest BCUT2D eigenvalue weighted by Crippen LogP contribution is 2.68. The number of aliphatic hydroxyl groups is 9. The van der Waals surface area contributed by atoms with Gasteiger partial charge in [0.2, 0.25) is 5.78 Å². The van der Waals surface area contributed by atoms with Gasteiger partial charge in [0.1, 0.15) is 72.7 Å². The predicted molar refractivity (Wildman–Crippen MR) is 262 cm³/mol. The van der Waals surface area contributed by atoms with Crippen LogP contribution in [0.5, 0.6) is 0 Å². The van der Waals surface area contributed by atoms with Crippen molar-refractivity contribution in [3.63, 3.8) is 0 Å². The summed E-state index contributed by atoms with van der Waals surface area (Å²) in [5.74, 6) is -0.712. The summed E-state index contributed by atoms with van der Waals surface area (Å²) in [7, 11) is -4.67. The number of Topliss-reactive ketones (excluding diaryl/α,β-unsaturated/α-hetero) is 1. The molecule has 442 valence electrons. The van der Waals surface area contributed by atoms with E-state index in [0.29, 0.717) is 19.3 Å². The third-order valence-corrected chi connectivity index (χ3v) is 17.2. The third-order valence-electron chi connectivity index (χ3n) is 17.2. The predicted octanol–water partition coefficient (Wildman–Crippen LogP) is -7.17. The molecule has 27 atom stereocenters. The van der Waals surface area contributed by atoms with E-state index in [4.69, 9.17) is 85.1 Å². The summed E-state index contributed by atoms with van der Waals surface area (Å²) >= 11 is 0. The summed E-state index contributed by atoms with van der Waals surface area (Å²) in [6.45, 7) is 5.97. The second-order valence-corrected chi connectivity index (χ2v) is 22.9. The van der Waals surface area contributed by atoms with Gasteiger partial charge in [0.15, 0.2) is 31.3 Å². The van der Waals surface area contributed by atoms with Gasteiger partial charge in [-0.2, -0.15) is 8.42 Å². The minimum atomic E-state index is -4.67. The van der Waals surface area contributed by atoms with E-state index in [-0.39, 0.29) is 49.0 Å². The van der Waals surface area contributed by atoms with E-state index < -0.39 is 174 Å². The van der Waals surface area contributed by atoms with Crippen LogP contribution < -0.4 is 34.4 Å². The minimum Gasteiger partial charge on any atom is -0.458 e. The molecule has 8 rings (SSSR count). The highest BCUT2D eigenvalue weighted by atomic mass is 32.3. The maximum atomic E-state index is 12.9. The van der Waals surface area contributed by atoms with Crippen molar-refractivity contribution in [3.05, 3.63) is 23.8 Å². The van der Waals surface area contributed by atoms with E-state index in [9.17, 15) is 60.3 Å². The van der Waals surface area contributed by atoms with Crippen molar-refractivity contribution in [3.8, 4) is 0 Å². The van der Waals surface area contributed by atoms with Gasteiger partial charge >= 0.3 is 16.4 Å². The number of aliphatic hydroxyl groups excluding tert-OH is 8. The van der Waals surface area contributed by atoms with Gasteiger partial charge in [-0.15, -0.1) is 0 Å². The van der Waals surface area contributed by atoms with Gasteiger partial charge in [-0.05, 0) is 62.0 Å². The first-order valence-electron chi connectivity index (χ1n) is 25.5. The molecule has 7 fully saturated rings.